The van der Waals surface area contributed by atoms with Gasteiger partial charge in [-0.15, -0.1) is 24.8 Å². The van der Waals surface area contributed by atoms with E-state index < -0.39 is 11.8 Å². The van der Waals surface area contributed by atoms with E-state index in [-0.39, 0.29) is 54.8 Å². The highest BCUT2D eigenvalue weighted by atomic mass is 35.5. The first-order valence-corrected chi connectivity index (χ1v) is 9.33. The number of pyridine rings is 1. The summed E-state index contributed by atoms with van der Waals surface area (Å²) in [5.41, 5.74) is 6.51. The van der Waals surface area contributed by atoms with Crippen LogP contribution in [-0.2, 0) is 4.79 Å². The maximum atomic E-state index is 14.6. The average Bonchev–Trinajstić information content (AvgIpc) is 2.67. The van der Waals surface area contributed by atoms with Gasteiger partial charge in [0.15, 0.2) is 11.6 Å². The Kier molecular flexibility index (Phi) is 7.87. The van der Waals surface area contributed by atoms with Crippen molar-refractivity contribution in [1.82, 2.24) is 9.47 Å². The van der Waals surface area contributed by atoms with Gasteiger partial charge in [-0.2, -0.15) is 0 Å². The van der Waals surface area contributed by atoms with Crippen molar-refractivity contribution >= 4 is 47.8 Å². The zero-order valence-corrected chi connectivity index (χ0v) is 17.8. The molecule has 0 unspecified atom stereocenters. The standard InChI is InChI=1S/C20H22FN3O4.2ClH/c21-16-9-12(1-4-18(26)27)15-2-3-17(25)24-14(11-28-20(16)19(15)24)10-23-7-5-13(22)6-8-23;;/h1-4,9,13-14H,5-8,10-11,22H2,(H,26,27);2*1H/b4-1+;;/t14-;;/m1../s1. The van der Waals surface area contributed by atoms with Crippen LogP contribution >= 0.6 is 24.8 Å². The molecule has 1 fully saturated rings. The Bertz CT molecular complexity index is 1020. The Morgan fingerprint density at radius 2 is 2.00 bits per heavy atom. The largest absolute Gasteiger partial charge is 0.486 e. The maximum Gasteiger partial charge on any atom is 0.328 e. The molecule has 164 valence electrons. The minimum Gasteiger partial charge on any atom is -0.486 e. The van der Waals surface area contributed by atoms with Gasteiger partial charge in [-0.25, -0.2) is 9.18 Å². The lowest BCUT2D eigenvalue weighted by molar-refractivity contribution is -0.131. The van der Waals surface area contributed by atoms with Crippen molar-refractivity contribution in [3.05, 3.63) is 46.0 Å². The quantitative estimate of drug-likeness (QED) is 0.681. The summed E-state index contributed by atoms with van der Waals surface area (Å²) in [6.07, 6.45) is 4.09. The van der Waals surface area contributed by atoms with Crippen LogP contribution < -0.4 is 16.0 Å². The van der Waals surface area contributed by atoms with E-state index in [9.17, 15) is 14.0 Å². The first-order valence-electron chi connectivity index (χ1n) is 9.33. The molecule has 1 aromatic heterocycles. The number of ether oxygens (including phenoxy) is 1. The summed E-state index contributed by atoms with van der Waals surface area (Å²) < 4.78 is 21.9. The molecule has 30 heavy (non-hydrogen) atoms. The van der Waals surface area contributed by atoms with Gasteiger partial charge in [0.05, 0.1) is 11.6 Å². The van der Waals surface area contributed by atoms with Gasteiger partial charge in [0.25, 0.3) is 5.56 Å². The van der Waals surface area contributed by atoms with E-state index in [1.165, 1.54) is 18.2 Å². The molecule has 2 aliphatic rings. The van der Waals surface area contributed by atoms with Crippen molar-refractivity contribution in [1.29, 1.82) is 0 Å². The predicted molar refractivity (Wildman–Crippen MR) is 118 cm³/mol. The zero-order valence-electron chi connectivity index (χ0n) is 16.1. The number of piperidine rings is 1. The van der Waals surface area contributed by atoms with Gasteiger partial charge in [-0.3, -0.25) is 9.36 Å². The van der Waals surface area contributed by atoms with E-state index in [1.807, 2.05) is 0 Å². The van der Waals surface area contributed by atoms with Gasteiger partial charge in [0.2, 0.25) is 0 Å². The third-order valence-electron chi connectivity index (χ3n) is 5.44. The molecular formula is C20H24Cl2FN3O4. The van der Waals surface area contributed by atoms with Crippen LogP contribution in [0, 0.1) is 5.82 Å². The number of nitrogens with two attached hydrogens (primary N) is 1. The Morgan fingerprint density at radius 1 is 1.30 bits per heavy atom. The highest BCUT2D eigenvalue weighted by Crippen LogP contribution is 2.36. The Labute approximate surface area is 185 Å². The summed E-state index contributed by atoms with van der Waals surface area (Å²) in [5, 5.41) is 9.48. The van der Waals surface area contributed by atoms with Crippen molar-refractivity contribution in [3.63, 3.8) is 0 Å². The van der Waals surface area contributed by atoms with E-state index in [4.69, 9.17) is 15.6 Å². The number of likely N-dealkylation sites (tertiary alicyclic amines) is 1. The van der Waals surface area contributed by atoms with Crippen LogP contribution in [-0.4, -0.2) is 52.8 Å². The fourth-order valence-corrected chi connectivity index (χ4v) is 4.03. The summed E-state index contributed by atoms with van der Waals surface area (Å²) in [7, 11) is 0. The molecule has 1 aromatic carbocycles. The van der Waals surface area contributed by atoms with E-state index in [0.29, 0.717) is 23.0 Å². The Balaban J connectivity index is 0.00000160. The minimum absolute atomic E-state index is 0. The normalized spacial score (nSPS) is 19.2. The van der Waals surface area contributed by atoms with Crippen LogP contribution in [0.15, 0.2) is 29.1 Å². The van der Waals surface area contributed by atoms with Gasteiger partial charge < -0.3 is 20.5 Å². The number of hydrogen-bond donors (Lipinski definition) is 2. The van der Waals surface area contributed by atoms with Crippen LogP contribution in [0.1, 0.15) is 24.4 Å². The summed E-state index contributed by atoms with van der Waals surface area (Å²) in [4.78, 5) is 25.8. The SMILES string of the molecule is Cl.Cl.NC1CCN(C[C@@H]2COc3c(F)cc(/C=C/C(=O)O)c4ccc(=O)n2c34)CC1. The lowest BCUT2D eigenvalue weighted by atomic mass is 10.0. The van der Waals surface area contributed by atoms with Gasteiger partial charge >= 0.3 is 5.97 Å². The molecule has 2 aliphatic heterocycles. The topological polar surface area (TPSA) is 97.8 Å². The number of nitrogens with zero attached hydrogens (tertiary/aromatic N) is 2. The highest BCUT2D eigenvalue weighted by Gasteiger charge is 2.29. The van der Waals surface area contributed by atoms with Crippen molar-refractivity contribution < 1.29 is 19.0 Å². The van der Waals surface area contributed by atoms with Gasteiger partial charge in [0.1, 0.15) is 6.61 Å². The van der Waals surface area contributed by atoms with Gasteiger partial charge in [0, 0.05) is 30.1 Å². The third-order valence-corrected chi connectivity index (χ3v) is 5.44. The molecule has 0 saturated carbocycles. The fraction of sp³-hybridized carbons (Fsp3) is 0.400. The molecule has 1 saturated heterocycles. The second-order valence-electron chi connectivity index (χ2n) is 7.36. The molecule has 3 N–H and O–H groups in total. The number of benzene rings is 1. The molecule has 0 amide bonds. The van der Waals surface area contributed by atoms with Crippen molar-refractivity contribution in [2.45, 2.75) is 24.9 Å². The van der Waals surface area contributed by atoms with Crippen molar-refractivity contribution in [3.8, 4) is 5.75 Å². The van der Waals surface area contributed by atoms with Gasteiger partial charge in [-0.05, 0) is 49.7 Å². The predicted octanol–water partition coefficient (Wildman–Crippen LogP) is 2.44. The average molecular weight is 460 g/mol. The van der Waals surface area contributed by atoms with Crippen LogP contribution in [0.2, 0.25) is 0 Å². The first kappa shape index (κ1) is 24.1. The maximum absolute atomic E-state index is 14.6. The summed E-state index contributed by atoms with van der Waals surface area (Å²) in [6.45, 7) is 2.52. The molecule has 2 aromatic rings. The number of carboxylic acids is 1. The van der Waals surface area contributed by atoms with E-state index in [2.05, 4.69) is 4.90 Å². The van der Waals surface area contributed by atoms with Crippen molar-refractivity contribution in [2.24, 2.45) is 5.73 Å². The zero-order chi connectivity index (χ0) is 19.8. The number of hydrogen-bond acceptors (Lipinski definition) is 5. The number of carboxylic acid groups (broad SMARTS) is 1. The molecular weight excluding hydrogens is 436 g/mol. The summed E-state index contributed by atoms with van der Waals surface area (Å²) in [6, 6.07) is 4.22. The second kappa shape index (κ2) is 9.78. The Hall–Kier alpha value is -2.13. The van der Waals surface area contributed by atoms with E-state index in [1.54, 1.807) is 10.6 Å². The molecule has 4 rings (SSSR count). The fourth-order valence-electron chi connectivity index (χ4n) is 4.03. The number of carbonyl (C=O) groups is 1. The minimum atomic E-state index is -1.13. The molecule has 3 heterocycles. The van der Waals surface area contributed by atoms with E-state index >= 15 is 0 Å². The van der Waals surface area contributed by atoms with Crippen LogP contribution in [0.25, 0.3) is 17.0 Å². The second-order valence-corrected chi connectivity index (χ2v) is 7.36. The molecule has 1 atom stereocenters. The third kappa shape index (κ3) is 4.62. The first-order chi connectivity index (χ1) is 13.4. The van der Waals surface area contributed by atoms with E-state index in [0.717, 1.165) is 32.0 Å². The molecule has 10 heteroatoms. The molecule has 0 aliphatic carbocycles. The van der Waals surface area contributed by atoms with Crippen molar-refractivity contribution in [2.75, 3.05) is 26.2 Å². The molecule has 7 nitrogen and oxygen atoms in total. The van der Waals surface area contributed by atoms with Crippen LogP contribution in [0.3, 0.4) is 0 Å². The number of halogens is 3. The lowest BCUT2D eigenvalue weighted by Gasteiger charge is -2.35. The summed E-state index contributed by atoms with van der Waals surface area (Å²) >= 11 is 0. The number of aliphatic carboxylic acids is 1. The number of rotatable bonds is 4. The highest BCUT2D eigenvalue weighted by molar-refractivity contribution is 5.96. The molecule has 0 radical (unpaired) electrons. The lowest BCUT2D eigenvalue weighted by Crippen LogP contribution is -2.45. The Morgan fingerprint density at radius 3 is 2.67 bits per heavy atom. The van der Waals surface area contributed by atoms with Crippen LogP contribution in [0.5, 0.6) is 5.75 Å². The van der Waals surface area contributed by atoms with Crippen LogP contribution in [0.4, 0.5) is 4.39 Å². The molecule has 0 spiro atoms. The smallest absolute Gasteiger partial charge is 0.328 e. The number of aromatic nitrogens is 1. The summed E-state index contributed by atoms with van der Waals surface area (Å²) in [5.74, 6) is -1.70. The monoisotopic (exact) mass is 459 g/mol. The van der Waals surface area contributed by atoms with Gasteiger partial charge in [-0.1, -0.05) is 0 Å². The molecule has 0 bridgehead atoms.